The second kappa shape index (κ2) is 8.74. The molecule has 0 unspecified atom stereocenters. The van der Waals surface area contributed by atoms with E-state index in [1.54, 1.807) is 39.7 Å². The third-order valence-electron chi connectivity index (χ3n) is 3.03. The van der Waals surface area contributed by atoms with E-state index in [9.17, 15) is 0 Å². The molecule has 0 bridgehead atoms. The molecule has 2 N–H and O–H groups in total. The summed E-state index contributed by atoms with van der Waals surface area (Å²) < 4.78 is 15.5. The van der Waals surface area contributed by atoms with Crippen molar-refractivity contribution in [2.24, 2.45) is 0 Å². The van der Waals surface area contributed by atoms with Crippen molar-refractivity contribution < 1.29 is 14.2 Å². The molecular formula is C15H21N5O3. The third kappa shape index (κ3) is 4.96. The van der Waals surface area contributed by atoms with Gasteiger partial charge in [-0.15, -0.1) is 5.10 Å². The fourth-order valence-corrected chi connectivity index (χ4v) is 1.92. The third-order valence-corrected chi connectivity index (χ3v) is 3.03. The first-order chi connectivity index (χ1) is 11.3. The summed E-state index contributed by atoms with van der Waals surface area (Å²) in [6.07, 6.45) is 2.46. The number of benzene rings is 1. The van der Waals surface area contributed by atoms with Crippen molar-refractivity contribution in [1.29, 1.82) is 0 Å². The van der Waals surface area contributed by atoms with Gasteiger partial charge in [-0.25, -0.2) is 0 Å². The summed E-state index contributed by atoms with van der Waals surface area (Å²) in [5.41, 5.74) is 0.779. The van der Waals surface area contributed by atoms with Crippen LogP contribution in [-0.4, -0.2) is 49.7 Å². The second-order valence-corrected chi connectivity index (χ2v) is 4.63. The minimum Gasteiger partial charge on any atom is -0.493 e. The summed E-state index contributed by atoms with van der Waals surface area (Å²) in [6.45, 7) is 1.45. The number of hydrogen-bond donors (Lipinski definition) is 2. The maximum absolute atomic E-state index is 5.27. The Hall–Kier alpha value is -2.61. The molecule has 2 aromatic rings. The van der Waals surface area contributed by atoms with Crippen LogP contribution in [0.4, 0.5) is 17.5 Å². The lowest BCUT2D eigenvalue weighted by molar-refractivity contribution is 0.197. The Morgan fingerprint density at radius 2 is 1.91 bits per heavy atom. The van der Waals surface area contributed by atoms with Gasteiger partial charge in [0, 0.05) is 32.0 Å². The molecule has 0 aliphatic carbocycles. The lowest BCUT2D eigenvalue weighted by Gasteiger charge is -2.11. The molecule has 0 fully saturated rings. The first-order valence-corrected chi connectivity index (χ1v) is 7.18. The van der Waals surface area contributed by atoms with Crippen molar-refractivity contribution in [1.82, 2.24) is 15.2 Å². The molecule has 0 atom stereocenters. The van der Waals surface area contributed by atoms with E-state index < -0.39 is 0 Å². The van der Waals surface area contributed by atoms with Gasteiger partial charge < -0.3 is 24.8 Å². The van der Waals surface area contributed by atoms with Gasteiger partial charge in [-0.3, -0.25) is 0 Å². The largest absolute Gasteiger partial charge is 0.493 e. The summed E-state index contributed by atoms with van der Waals surface area (Å²) >= 11 is 0. The SMILES string of the molecule is COCCCNc1cnnc(Nc2ccc(OC)c(OC)c2)n1. The van der Waals surface area contributed by atoms with Gasteiger partial charge in [-0.1, -0.05) is 0 Å². The van der Waals surface area contributed by atoms with Crippen LogP contribution in [0.5, 0.6) is 11.5 Å². The number of rotatable bonds is 9. The molecule has 0 spiro atoms. The molecule has 8 heteroatoms. The fourth-order valence-electron chi connectivity index (χ4n) is 1.92. The van der Waals surface area contributed by atoms with Gasteiger partial charge in [0.05, 0.1) is 20.4 Å². The molecule has 0 amide bonds. The predicted molar refractivity (Wildman–Crippen MR) is 87.6 cm³/mol. The quantitative estimate of drug-likeness (QED) is 0.679. The second-order valence-electron chi connectivity index (χ2n) is 4.63. The standard InChI is InChI=1S/C15H21N5O3/c1-21-8-4-7-16-14-10-17-20-15(19-14)18-11-5-6-12(22-2)13(9-11)23-3/h5-6,9-10H,4,7-8H2,1-3H3,(H2,16,18,19,20). The topological polar surface area (TPSA) is 90.4 Å². The van der Waals surface area contributed by atoms with Crippen LogP contribution in [0, 0.1) is 0 Å². The number of anilines is 3. The minimum absolute atomic E-state index is 0.397. The minimum atomic E-state index is 0.397. The Balaban J connectivity index is 2.02. The molecule has 0 aliphatic rings. The Morgan fingerprint density at radius 3 is 2.65 bits per heavy atom. The van der Waals surface area contributed by atoms with E-state index in [0.29, 0.717) is 29.9 Å². The summed E-state index contributed by atoms with van der Waals surface area (Å²) in [7, 11) is 4.86. The Bertz CT molecular complexity index is 624. The van der Waals surface area contributed by atoms with Crippen LogP contribution in [0.3, 0.4) is 0 Å². The molecule has 1 aromatic carbocycles. The molecule has 23 heavy (non-hydrogen) atoms. The van der Waals surface area contributed by atoms with E-state index in [1.165, 1.54) is 0 Å². The highest BCUT2D eigenvalue weighted by atomic mass is 16.5. The van der Waals surface area contributed by atoms with E-state index in [-0.39, 0.29) is 0 Å². The summed E-state index contributed by atoms with van der Waals surface area (Å²) in [5, 5.41) is 14.2. The number of ether oxygens (including phenoxy) is 3. The van der Waals surface area contributed by atoms with Crippen molar-refractivity contribution in [3.63, 3.8) is 0 Å². The molecule has 0 aliphatic heterocycles. The zero-order valence-corrected chi connectivity index (χ0v) is 13.5. The molecular weight excluding hydrogens is 298 g/mol. The van der Waals surface area contributed by atoms with Crippen molar-refractivity contribution in [2.45, 2.75) is 6.42 Å². The maximum atomic E-state index is 5.27. The van der Waals surface area contributed by atoms with Crippen LogP contribution < -0.4 is 20.1 Å². The van der Waals surface area contributed by atoms with Gasteiger partial charge >= 0.3 is 0 Å². The number of nitrogens with zero attached hydrogens (tertiary/aromatic N) is 3. The fraction of sp³-hybridized carbons (Fsp3) is 0.400. The highest BCUT2D eigenvalue weighted by molar-refractivity contribution is 5.60. The smallest absolute Gasteiger partial charge is 0.249 e. The summed E-state index contributed by atoms with van der Waals surface area (Å²) in [6, 6.07) is 5.46. The van der Waals surface area contributed by atoms with Crippen LogP contribution in [0.25, 0.3) is 0 Å². The molecule has 8 nitrogen and oxygen atoms in total. The number of aromatic nitrogens is 3. The molecule has 1 aromatic heterocycles. The molecule has 1 heterocycles. The Morgan fingerprint density at radius 1 is 1.09 bits per heavy atom. The average Bonchev–Trinajstić information content (AvgIpc) is 2.59. The van der Waals surface area contributed by atoms with Crippen LogP contribution in [-0.2, 0) is 4.74 Å². The van der Waals surface area contributed by atoms with Crippen molar-refractivity contribution in [2.75, 3.05) is 45.1 Å². The zero-order chi connectivity index (χ0) is 16.5. The van der Waals surface area contributed by atoms with Gasteiger partial charge in [0.25, 0.3) is 0 Å². The van der Waals surface area contributed by atoms with E-state index in [2.05, 4.69) is 25.8 Å². The Labute approximate surface area is 135 Å². The average molecular weight is 319 g/mol. The van der Waals surface area contributed by atoms with Crippen LogP contribution in [0.1, 0.15) is 6.42 Å². The van der Waals surface area contributed by atoms with E-state index in [4.69, 9.17) is 14.2 Å². The normalized spacial score (nSPS) is 10.2. The van der Waals surface area contributed by atoms with Gasteiger partial charge in [0.1, 0.15) is 0 Å². The molecule has 124 valence electrons. The van der Waals surface area contributed by atoms with Crippen molar-refractivity contribution in [3.8, 4) is 11.5 Å². The molecule has 2 rings (SSSR count). The highest BCUT2D eigenvalue weighted by Crippen LogP contribution is 2.30. The Kier molecular flexibility index (Phi) is 6.37. The van der Waals surface area contributed by atoms with Gasteiger partial charge in [0.15, 0.2) is 17.3 Å². The van der Waals surface area contributed by atoms with Gasteiger partial charge in [0.2, 0.25) is 5.95 Å². The first kappa shape index (κ1) is 16.8. The van der Waals surface area contributed by atoms with Gasteiger partial charge in [-0.05, 0) is 18.6 Å². The lowest BCUT2D eigenvalue weighted by atomic mass is 10.3. The van der Waals surface area contributed by atoms with E-state index in [0.717, 1.165) is 18.7 Å². The number of nitrogens with one attached hydrogen (secondary N) is 2. The molecule has 0 radical (unpaired) electrons. The first-order valence-electron chi connectivity index (χ1n) is 7.18. The lowest BCUT2D eigenvalue weighted by Crippen LogP contribution is -2.08. The van der Waals surface area contributed by atoms with Crippen molar-refractivity contribution in [3.05, 3.63) is 24.4 Å². The predicted octanol–water partition coefficient (Wildman–Crippen LogP) is 2.08. The highest BCUT2D eigenvalue weighted by Gasteiger charge is 2.06. The summed E-state index contributed by atoms with van der Waals surface area (Å²) in [5.74, 6) is 2.33. The van der Waals surface area contributed by atoms with Crippen molar-refractivity contribution >= 4 is 17.5 Å². The zero-order valence-electron chi connectivity index (χ0n) is 13.5. The van der Waals surface area contributed by atoms with Crippen LogP contribution in [0.15, 0.2) is 24.4 Å². The molecule has 0 saturated carbocycles. The number of hydrogen-bond acceptors (Lipinski definition) is 8. The van der Waals surface area contributed by atoms with E-state index in [1.807, 2.05) is 6.07 Å². The monoisotopic (exact) mass is 319 g/mol. The summed E-state index contributed by atoms with van der Waals surface area (Å²) in [4.78, 5) is 4.36. The molecule has 0 saturated heterocycles. The maximum Gasteiger partial charge on any atom is 0.249 e. The number of methoxy groups -OCH3 is 3. The van der Waals surface area contributed by atoms with Crippen LogP contribution in [0.2, 0.25) is 0 Å². The van der Waals surface area contributed by atoms with Gasteiger partial charge in [-0.2, -0.15) is 10.1 Å². The van der Waals surface area contributed by atoms with E-state index >= 15 is 0 Å². The van der Waals surface area contributed by atoms with Crippen LogP contribution >= 0.6 is 0 Å².